The molecule has 15 heavy (non-hydrogen) atoms. The summed E-state index contributed by atoms with van der Waals surface area (Å²) < 4.78 is 0. The summed E-state index contributed by atoms with van der Waals surface area (Å²) in [5.74, 6) is 0. The van der Waals surface area contributed by atoms with Crippen molar-refractivity contribution in [1.82, 2.24) is 0 Å². The van der Waals surface area contributed by atoms with Crippen molar-refractivity contribution in [1.29, 1.82) is 0 Å². The Morgan fingerprint density at radius 2 is 1.87 bits per heavy atom. The van der Waals surface area contributed by atoms with Gasteiger partial charge in [-0.05, 0) is 24.5 Å². The third-order valence-electron chi connectivity index (χ3n) is 3.15. The molecule has 0 aliphatic heterocycles. The third-order valence-corrected chi connectivity index (χ3v) is 3.15. The second-order valence-corrected chi connectivity index (χ2v) is 4.27. The van der Waals surface area contributed by atoms with E-state index in [4.69, 9.17) is 0 Å². The molecule has 1 aliphatic rings. The second-order valence-electron chi connectivity index (χ2n) is 4.27. The summed E-state index contributed by atoms with van der Waals surface area (Å²) in [7, 11) is 0. The van der Waals surface area contributed by atoms with Gasteiger partial charge in [-0.1, -0.05) is 50.1 Å². The van der Waals surface area contributed by atoms with Gasteiger partial charge in [-0.15, -0.1) is 0 Å². The lowest BCUT2D eigenvalue weighted by atomic mass is 9.95. The Kier molecular flexibility index (Phi) is 3.44. The zero-order chi connectivity index (χ0) is 10.5. The highest BCUT2D eigenvalue weighted by Crippen LogP contribution is 2.24. The van der Waals surface area contributed by atoms with Crippen LogP contribution >= 0.6 is 0 Å². The third kappa shape index (κ3) is 2.62. The van der Waals surface area contributed by atoms with Crippen LogP contribution in [-0.2, 0) is 0 Å². The molecule has 0 heterocycles. The van der Waals surface area contributed by atoms with Gasteiger partial charge >= 0.3 is 0 Å². The average molecular weight is 201 g/mol. The van der Waals surface area contributed by atoms with Crippen molar-refractivity contribution in [2.24, 2.45) is 0 Å². The predicted molar refractivity (Wildman–Crippen MR) is 67.0 cm³/mol. The highest BCUT2D eigenvalue weighted by atomic mass is 14.9. The van der Waals surface area contributed by atoms with Crippen LogP contribution in [0.1, 0.15) is 37.7 Å². The minimum atomic E-state index is 0.667. The van der Waals surface area contributed by atoms with Crippen molar-refractivity contribution in [3.8, 4) is 0 Å². The van der Waals surface area contributed by atoms with Crippen LogP contribution in [-0.4, -0.2) is 6.04 Å². The minimum Gasteiger partial charge on any atom is -0.382 e. The first-order valence-corrected chi connectivity index (χ1v) is 5.88. The van der Waals surface area contributed by atoms with Crippen LogP contribution in [0.4, 0.5) is 5.69 Å². The molecule has 1 N–H and O–H groups in total. The first-order chi connectivity index (χ1) is 7.40. The van der Waals surface area contributed by atoms with Gasteiger partial charge in [-0.25, -0.2) is 0 Å². The molecule has 1 fully saturated rings. The maximum Gasteiger partial charge on any atom is 0.0415 e. The molecule has 0 amide bonds. The zero-order valence-electron chi connectivity index (χ0n) is 9.21. The molecule has 1 aromatic rings. The molecule has 1 heteroatoms. The van der Waals surface area contributed by atoms with Crippen molar-refractivity contribution in [3.63, 3.8) is 0 Å². The van der Waals surface area contributed by atoms with Gasteiger partial charge in [0.05, 0.1) is 0 Å². The predicted octanol–water partition coefficient (Wildman–Crippen LogP) is 4.07. The van der Waals surface area contributed by atoms with Gasteiger partial charge in [0.25, 0.3) is 0 Å². The molecule has 0 unspecified atom stereocenters. The van der Waals surface area contributed by atoms with Crippen molar-refractivity contribution in [3.05, 3.63) is 36.4 Å². The molecular formula is C14H19N. The topological polar surface area (TPSA) is 12.0 Å². The fourth-order valence-corrected chi connectivity index (χ4v) is 2.27. The van der Waals surface area contributed by atoms with E-state index in [1.807, 2.05) is 6.08 Å². The second kappa shape index (κ2) is 5.01. The monoisotopic (exact) mass is 201 g/mol. The van der Waals surface area contributed by atoms with Gasteiger partial charge in [0.15, 0.2) is 0 Å². The first-order valence-electron chi connectivity index (χ1n) is 5.88. The van der Waals surface area contributed by atoms with Gasteiger partial charge in [-0.2, -0.15) is 0 Å². The molecule has 1 aliphatic carbocycles. The fraction of sp³-hybridized carbons (Fsp3) is 0.429. The average Bonchev–Trinajstić information content (AvgIpc) is 2.31. The van der Waals surface area contributed by atoms with E-state index in [2.05, 4.69) is 36.2 Å². The summed E-state index contributed by atoms with van der Waals surface area (Å²) in [5.41, 5.74) is 2.45. The Labute approximate surface area is 92.2 Å². The Morgan fingerprint density at radius 3 is 2.60 bits per heavy atom. The molecule has 80 valence electrons. The molecule has 0 spiro atoms. The van der Waals surface area contributed by atoms with E-state index in [1.165, 1.54) is 43.4 Å². The van der Waals surface area contributed by atoms with E-state index in [0.29, 0.717) is 6.04 Å². The normalized spacial score (nSPS) is 17.3. The van der Waals surface area contributed by atoms with E-state index in [-0.39, 0.29) is 0 Å². The van der Waals surface area contributed by atoms with Crippen molar-refractivity contribution >= 4 is 11.8 Å². The molecule has 0 aromatic heterocycles. The summed E-state index contributed by atoms with van der Waals surface area (Å²) in [6, 6.07) is 9.06. The molecule has 0 radical (unpaired) electrons. The van der Waals surface area contributed by atoms with Crippen LogP contribution in [0.2, 0.25) is 0 Å². The number of nitrogens with one attached hydrogen (secondary N) is 1. The summed E-state index contributed by atoms with van der Waals surface area (Å²) in [4.78, 5) is 0. The van der Waals surface area contributed by atoms with Crippen LogP contribution in [0.5, 0.6) is 0 Å². The highest BCUT2D eigenvalue weighted by Gasteiger charge is 2.13. The molecule has 0 atom stereocenters. The first kappa shape index (κ1) is 10.3. The number of para-hydroxylation sites is 1. The molecule has 2 rings (SSSR count). The van der Waals surface area contributed by atoms with Crippen LogP contribution in [0.15, 0.2) is 30.8 Å². The molecule has 1 aromatic carbocycles. The van der Waals surface area contributed by atoms with E-state index in [0.717, 1.165) is 0 Å². The smallest absolute Gasteiger partial charge is 0.0415 e. The maximum atomic E-state index is 3.84. The number of anilines is 1. The Balaban J connectivity index is 2.05. The molecule has 0 bridgehead atoms. The van der Waals surface area contributed by atoms with Gasteiger partial charge in [0.1, 0.15) is 0 Å². The van der Waals surface area contributed by atoms with Gasteiger partial charge in [-0.3, -0.25) is 0 Å². The van der Waals surface area contributed by atoms with E-state index in [9.17, 15) is 0 Å². The number of hydrogen-bond donors (Lipinski definition) is 1. The maximum absolute atomic E-state index is 3.84. The SMILES string of the molecule is C=Cc1ccccc1NC1CCCCC1. The molecule has 1 nitrogen and oxygen atoms in total. The lowest BCUT2D eigenvalue weighted by molar-refractivity contribution is 0.462. The van der Waals surface area contributed by atoms with Gasteiger partial charge < -0.3 is 5.32 Å². The van der Waals surface area contributed by atoms with Crippen LogP contribution in [0, 0.1) is 0 Å². The minimum absolute atomic E-state index is 0.667. The van der Waals surface area contributed by atoms with E-state index >= 15 is 0 Å². The number of hydrogen-bond acceptors (Lipinski definition) is 1. The number of rotatable bonds is 3. The van der Waals surface area contributed by atoms with Crippen LogP contribution in [0.3, 0.4) is 0 Å². The zero-order valence-corrected chi connectivity index (χ0v) is 9.21. The lowest BCUT2D eigenvalue weighted by Crippen LogP contribution is -2.22. The summed E-state index contributed by atoms with van der Waals surface area (Å²) >= 11 is 0. The van der Waals surface area contributed by atoms with E-state index < -0.39 is 0 Å². The molecule has 0 saturated heterocycles. The summed E-state index contributed by atoms with van der Waals surface area (Å²) in [5, 5.41) is 3.63. The van der Waals surface area contributed by atoms with Crippen molar-refractivity contribution in [2.45, 2.75) is 38.1 Å². The van der Waals surface area contributed by atoms with Crippen LogP contribution in [0.25, 0.3) is 6.08 Å². The Bertz CT molecular complexity index is 324. The summed E-state index contributed by atoms with van der Waals surface area (Å²) in [6.07, 6.45) is 8.69. The largest absolute Gasteiger partial charge is 0.382 e. The van der Waals surface area contributed by atoms with Crippen molar-refractivity contribution in [2.75, 3.05) is 5.32 Å². The summed E-state index contributed by atoms with van der Waals surface area (Å²) in [6.45, 7) is 3.84. The Hall–Kier alpha value is -1.24. The fourth-order valence-electron chi connectivity index (χ4n) is 2.27. The Morgan fingerprint density at radius 1 is 1.13 bits per heavy atom. The van der Waals surface area contributed by atoms with Crippen LogP contribution < -0.4 is 5.32 Å². The highest BCUT2D eigenvalue weighted by molar-refractivity contribution is 5.65. The van der Waals surface area contributed by atoms with Gasteiger partial charge in [0.2, 0.25) is 0 Å². The number of benzene rings is 1. The van der Waals surface area contributed by atoms with E-state index in [1.54, 1.807) is 0 Å². The van der Waals surface area contributed by atoms with Gasteiger partial charge in [0, 0.05) is 11.7 Å². The molecular weight excluding hydrogens is 182 g/mol. The van der Waals surface area contributed by atoms with Crippen molar-refractivity contribution < 1.29 is 0 Å². The lowest BCUT2D eigenvalue weighted by Gasteiger charge is -2.24. The standard InChI is InChI=1S/C14H19N/c1-2-12-8-6-7-11-14(12)15-13-9-4-3-5-10-13/h2,6-8,11,13,15H,1,3-5,9-10H2. The molecule has 1 saturated carbocycles. The quantitative estimate of drug-likeness (QED) is 0.777.